The zero-order valence-corrected chi connectivity index (χ0v) is 8.35. The van der Waals surface area contributed by atoms with Gasteiger partial charge in [0.15, 0.2) is 0 Å². The molecule has 0 bridgehead atoms. The molecule has 2 unspecified atom stereocenters. The minimum Gasteiger partial charge on any atom is -0.483 e. The van der Waals surface area contributed by atoms with Gasteiger partial charge in [0.1, 0.15) is 0 Å². The van der Waals surface area contributed by atoms with Gasteiger partial charge in [0.2, 0.25) is 0 Å². The molecule has 0 amide bonds. The second-order valence-corrected chi connectivity index (χ2v) is 3.88. The summed E-state index contributed by atoms with van der Waals surface area (Å²) in [6.07, 6.45) is 7.78. The van der Waals surface area contributed by atoms with Gasteiger partial charge in [-0.25, -0.2) is 0 Å². The molecule has 2 atom stereocenters. The predicted molar refractivity (Wildman–Crippen MR) is 55.3 cm³/mol. The summed E-state index contributed by atoms with van der Waals surface area (Å²) >= 11 is 0. The first kappa shape index (κ1) is 11.0. The minimum atomic E-state index is -0.250. The summed E-state index contributed by atoms with van der Waals surface area (Å²) in [4.78, 5) is 12.9. The number of hydrogen-bond acceptors (Lipinski definition) is 3. The normalized spacial score (nSPS) is 30.4. The number of hydrogen-bond donors (Lipinski definition) is 2. The number of carbonyl (C=O) groups is 1. The molecule has 0 aromatic heterocycles. The molecule has 4 nitrogen and oxygen atoms in total. The molecular weight excluding hydrogens is 180 g/mol. The third-order valence-electron chi connectivity index (χ3n) is 2.97. The van der Waals surface area contributed by atoms with Crippen LogP contribution in [0.3, 0.4) is 0 Å². The summed E-state index contributed by atoms with van der Waals surface area (Å²) in [6, 6.07) is 0.595. The monoisotopic (exact) mass is 198 g/mol. The highest BCUT2D eigenvalue weighted by Crippen LogP contribution is 2.32. The fraction of sp³-hybridized carbons (Fsp3) is 0.800. The SMILES string of the molecule is NC1=NC2CCCCC2CC1.O=CO. The molecule has 1 saturated carbocycles. The zero-order valence-electron chi connectivity index (χ0n) is 8.35. The summed E-state index contributed by atoms with van der Waals surface area (Å²) < 4.78 is 0. The van der Waals surface area contributed by atoms with Crippen LogP contribution >= 0.6 is 0 Å². The van der Waals surface area contributed by atoms with E-state index in [0.29, 0.717) is 6.04 Å². The number of nitrogens with two attached hydrogens (primary N) is 1. The van der Waals surface area contributed by atoms with Crippen molar-refractivity contribution in [3.63, 3.8) is 0 Å². The van der Waals surface area contributed by atoms with Crippen molar-refractivity contribution in [2.24, 2.45) is 16.6 Å². The van der Waals surface area contributed by atoms with Gasteiger partial charge in [-0.2, -0.15) is 0 Å². The third kappa shape index (κ3) is 3.01. The Kier molecular flexibility index (Phi) is 4.43. The lowest BCUT2D eigenvalue weighted by Gasteiger charge is -2.32. The Hall–Kier alpha value is -1.06. The second kappa shape index (κ2) is 5.62. The van der Waals surface area contributed by atoms with Gasteiger partial charge in [-0.05, 0) is 25.2 Å². The van der Waals surface area contributed by atoms with E-state index in [-0.39, 0.29) is 6.47 Å². The topological polar surface area (TPSA) is 75.7 Å². The van der Waals surface area contributed by atoms with Crippen LogP contribution in [0.25, 0.3) is 0 Å². The number of nitrogens with zero attached hydrogens (tertiary/aromatic N) is 1. The van der Waals surface area contributed by atoms with Crippen molar-refractivity contribution in [3.8, 4) is 0 Å². The molecule has 1 aliphatic heterocycles. The molecule has 0 radical (unpaired) electrons. The van der Waals surface area contributed by atoms with Crippen LogP contribution in [0.1, 0.15) is 38.5 Å². The van der Waals surface area contributed by atoms with Crippen molar-refractivity contribution < 1.29 is 9.90 Å². The molecule has 2 aliphatic rings. The van der Waals surface area contributed by atoms with Crippen molar-refractivity contribution in [1.82, 2.24) is 0 Å². The Balaban J connectivity index is 0.000000293. The number of fused-ring (bicyclic) bond motifs is 1. The van der Waals surface area contributed by atoms with Crippen molar-refractivity contribution >= 4 is 12.3 Å². The number of carboxylic acid groups (broad SMARTS) is 1. The second-order valence-electron chi connectivity index (χ2n) is 3.88. The quantitative estimate of drug-likeness (QED) is 0.577. The first-order valence-electron chi connectivity index (χ1n) is 5.18. The van der Waals surface area contributed by atoms with Gasteiger partial charge < -0.3 is 10.8 Å². The molecule has 0 aromatic rings. The predicted octanol–water partition coefficient (Wildman–Crippen LogP) is 1.40. The summed E-state index contributed by atoms with van der Waals surface area (Å²) in [7, 11) is 0. The van der Waals surface area contributed by atoms with Gasteiger partial charge in [0, 0.05) is 6.42 Å². The van der Waals surface area contributed by atoms with Crippen LogP contribution in [0.15, 0.2) is 4.99 Å². The van der Waals surface area contributed by atoms with Gasteiger partial charge >= 0.3 is 0 Å². The first-order chi connectivity index (χ1) is 6.77. The van der Waals surface area contributed by atoms with Crippen molar-refractivity contribution in [1.29, 1.82) is 0 Å². The maximum absolute atomic E-state index is 8.36. The molecule has 4 heteroatoms. The molecule has 3 N–H and O–H groups in total. The molecule has 80 valence electrons. The van der Waals surface area contributed by atoms with Crippen molar-refractivity contribution in [2.75, 3.05) is 0 Å². The smallest absolute Gasteiger partial charge is 0.290 e. The fourth-order valence-corrected chi connectivity index (χ4v) is 2.31. The van der Waals surface area contributed by atoms with Crippen LogP contribution in [0.4, 0.5) is 0 Å². The number of amidine groups is 1. The van der Waals surface area contributed by atoms with Gasteiger partial charge in [-0.15, -0.1) is 0 Å². The Morgan fingerprint density at radius 1 is 1.36 bits per heavy atom. The van der Waals surface area contributed by atoms with E-state index in [2.05, 4.69) is 4.99 Å². The Morgan fingerprint density at radius 3 is 2.71 bits per heavy atom. The average molecular weight is 198 g/mol. The highest BCUT2D eigenvalue weighted by atomic mass is 16.3. The fourth-order valence-electron chi connectivity index (χ4n) is 2.31. The van der Waals surface area contributed by atoms with Gasteiger partial charge in [0.25, 0.3) is 6.47 Å². The van der Waals surface area contributed by atoms with Gasteiger partial charge in [-0.3, -0.25) is 9.79 Å². The van der Waals surface area contributed by atoms with E-state index in [9.17, 15) is 0 Å². The van der Waals surface area contributed by atoms with Gasteiger partial charge in [0.05, 0.1) is 11.9 Å². The Morgan fingerprint density at radius 2 is 2.00 bits per heavy atom. The number of rotatable bonds is 0. The van der Waals surface area contributed by atoms with Crippen LogP contribution in [-0.2, 0) is 4.79 Å². The Bertz CT molecular complexity index is 216. The van der Waals surface area contributed by atoms with Crippen molar-refractivity contribution in [2.45, 2.75) is 44.6 Å². The molecule has 1 heterocycles. The van der Waals surface area contributed by atoms with Crippen LogP contribution in [0.5, 0.6) is 0 Å². The van der Waals surface area contributed by atoms with E-state index in [0.717, 1.165) is 18.2 Å². The summed E-state index contributed by atoms with van der Waals surface area (Å²) in [5, 5.41) is 6.89. The van der Waals surface area contributed by atoms with Gasteiger partial charge in [-0.1, -0.05) is 12.8 Å². The summed E-state index contributed by atoms with van der Waals surface area (Å²) in [6.45, 7) is -0.250. The third-order valence-corrected chi connectivity index (χ3v) is 2.97. The van der Waals surface area contributed by atoms with E-state index in [1.54, 1.807) is 0 Å². The molecule has 0 saturated heterocycles. The largest absolute Gasteiger partial charge is 0.483 e. The first-order valence-corrected chi connectivity index (χ1v) is 5.18. The minimum absolute atomic E-state index is 0.250. The molecule has 1 aliphatic carbocycles. The van der Waals surface area contributed by atoms with E-state index in [4.69, 9.17) is 15.6 Å². The zero-order chi connectivity index (χ0) is 10.4. The van der Waals surface area contributed by atoms with Crippen LogP contribution in [0.2, 0.25) is 0 Å². The van der Waals surface area contributed by atoms with Crippen LogP contribution < -0.4 is 5.73 Å². The molecule has 2 rings (SSSR count). The lowest BCUT2D eigenvalue weighted by molar-refractivity contribution is -0.122. The van der Waals surface area contributed by atoms with E-state index in [1.807, 2.05) is 0 Å². The summed E-state index contributed by atoms with van der Waals surface area (Å²) in [5.74, 6) is 1.77. The maximum Gasteiger partial charge on any atom is 0.290 e. The number of aliphatic imine (C=N–C) groups is 1. The molecule has 0 spiro atoms. The molecule has 0 aromatic carbocycles. The van der Waals surface area contributed by atoms with E-state index in [1.165, 1.54) is 32.1 Å². The Labute approximate surface area is 84.2 Å². The van der Waals surface area contributed by atoms with E-state index >= 15 is 0 Å². The van der Waals surface area contributed by atoms with Crippen LogP contribution in [0, 0.1) is 5.92 Å². The van der Waals surface area contributed by atoms with E-state index < -0.39 is 0 Å². The standard InChI is InChI=1S/C9H16N2.CH2O2/c10-9-6-5-7-3-1-2-4-8(7)11-9;2-1-3/h7-8H,1-6H2,(H2,10,11);1H,(H,2,3). The summed E-state index contributed by atoms with van der Waals surface area (Å²) in [5.41, 5.74) is 5.69. The molecular formula is C10H18N2O2. The van der Waals surface area contributed by atoms with Crippen LogP contribution in [-0.4, -0.2) is 23.5 Å². The highest BCUT2D eigenvalue weighted by molar-refractivity contribution is 5.81. The lowest BCUT2D eigenvalue weighted by Crippen LogP contribution is -2.31. The average Bonchev–Trinajstić information content (AvgIpc) is 2.19. The lowest BCUT2D eigenvalue weighted by atomic mass is 9.80. The molecule has 1 fully saturated rings. The molecule has 14 heavy (non-hydrogen) atoms. The maximum atomic E-state index is 8.36. The van der Waals surface area contributed by atoms with Crippen molar-refractivity contribution in [3.05, 3.63) is 0 Å². The highest BCUT2D eigenvalue weighted by Gasteiger charge is 2.27.